The highest BCUT2D eigenvalue weighted by molar-refractivity contribution is 5.55. The van der Waals surface area contributed by atoms with Crippen LogP contribution in [0.4, 0.5) is 15.8 Å². The number of hydrogen-bond donors (Lipinski definition) is 1. The molecule has 0 radical (unpaired) electrons. The first-order valence-electron chi connectivity index (χ1n) is 7.72. The van der Waals surface area contributed by atoms with Crippen LogP contribution in [0.5, 0.6) is 0 Å². The molecule has 0 amide bonds. The minimum atomic E-state index is -0.190. The average molecular weight is 299 g/mol. The lowest BCUT2D eigenvalue weighted by molar-refractivity contribution is 0.313. The van der Waals surface area contributed by atoms with E-state index < -0.39 is 0 Å². The summed E-state index contributed by atoms with van der Waals surface area (Å²) in [7, 11) is 2.16. The van der Waals surface area contributed by atoms with Gasteiger partial charge < -0.3 is 15.1 Å². The lowest BCUT2D eigenvalue weighted by atomic mass is 10.2. The van der Waals surface area contributed by atoms with Gasteiger partial charge in [-0.3, -0.25) is 0 Å². The van der Waals surface area contributed by atoms with Crippen LogP contribution in [0.2, 0.25) is 0 Å². The van der Waals surface area contributed by atoms with Gasteiger partial charge in [0.15, 0.2) is 0 Å². The van der Waals surface area contributed by atoms with E-state index in [0.29, 0.717) is 6.54 Å². The Kier molecular flexibility index (Phi) is 4.59. The maximum atomic E-state index is 13.1. The number of nitrogens with one attached hydrogen (secondary N) is 1. The van der Waals surface area contributed by atoms with Gasteiger partial charge in [0.1, 0.15) is 5.82 Å². The van der Waals surface area contributed by atoms with E-state index in [1.165, 1.54) is 11.8 Å². The van der Waals surface area contributed by atoms with Crippen LogP contribution in [-0.4, -0.2) is 38.1 Å². The third-order valence-electron chi connectivity index (χ3n) is 4.12. The second kappa shape index (κ2) is 6.79. The Labute approximate surface area is 131 Å². The molecule has 0 bridgehead atoms. The van der Waals surface area contributed by atoms with Crippen molar-refractivity contribution in [1.29, 1.82) is 0 Å². The molecule has 1 fully saturated rings. The molecular weight excluding hydrogens is 277 g/mol. The first kappa shape index (κ1) is 14.9. The minimum absolute atomic E-state index is 0.190. The molecule has 1 N–H and O–H groups in total. The molecular formula is C18H22FN3. The Morgan fingerprint density at radius 1 is 1.00 bits per heavy atom. The number of halogens is 1. The molecule has 0 saturated carbocycles. The maximum absolute atomic E-state index is 13.1. The molecule has 1 aliphatic rings. The van der Waals surface area contributed by atoms with Crippen molar-refractivity contribution in [2.45, 2.75) is 6.54 Å². The zero-order chi connectivity index (χ0) is 15.4. The van der Waals surface area contributed by atoms with Crippen LogP contribution in [0.1, 0.15) is 5.56 Å². The standard InChI is InChI=1S/C18H22FN3/c1-21-9-11-22(12-10-21)18-7-5-17(6-8-18)20-14-15-3-2-4-16(19)13-15/h2-8,13,20H,9-12,14H2,1H3. The van der Waals surface area contributed by atoms with Crippen molar-refractivity contribution in [2.24, 2.45) is 0 Å². The number of likely N-dealkylation sites (N-methyl/N-ethyl adjacent to an activating group) is 1. The van der Waals surface area contributed by atoms with Gasteiger partial charge in [0.05, 0.1) is 0 Å². The average Bonchev–Trinajstić information content (AvgIpc) is 2.54. The van der Waals surface area contributed by atoms with Crippen LogP contribution in [0, 0.1) is 5.82 Å². The Morgan fingerprint density at radius 3 is 2.41 bits per heavy atom. The van der Waals surface area contributed by atoms with Crippen molar-refractivity contribution >= 4 is 11.4 Å². The highest BCUT2D eigenvalue weighted by Gasteiger charge is 2.13. The number of hydrogen-bond acceptors (Lipinski definition) is 3. The zero-order valence-electron chi connectivity index (χ0n) is 12.9. The summed E-state index contributed by atoms with van der Waals surface area (Å²) in [5.41, 5.74) is 3.27. The first-order chi connectivity index (χ1) is 10.7. The van der Waals surface area contributed by atoms with Gasteiger partial charge in [0, 0.05) is 44.1 Å². The number of rotatable bonds is 4. The van der Waals surface area contributed by atoms with Crippen LogP contribution in [-0.2, 0) is 6.54 Å². The molecule has 2 aromatic carbocycles. The molecule has 0 unspecified atom stereocenters. The van der Waals surface area contributed by atoms with Crippen LogP contribution in [0.15, 0.2) is 48.5 Å². The third kappa shape index (κ3) is 3.77. The fourth-order valence-corrected chi connectivity index (χ4v) is 2.71. The number of piperazine rings is 1. The maximum Gasteiger partial charge on any atom is 0.123 e. The second-order valence-electron chi connectivity index (χ2n) is 5.82. The van der Waals surface area contributed by atoms with E-state index >= 15 is 0 Å². The van der Waals surface area contributed by atoms with Crippen molar-refractivity contribution in [3.8, 4) is 0 Å². The van der Waals surface area contributed by atoms with Gasteiger partial charge in [-0.15, -0.1) is 0 Å². The molecule has 4 heteroatoms. The molecule has 3 rings (SSSR count). The topological polar surface area (TPSA) is 18.5 Å². The lowest BCUT2D eigenvalue weighted by Gasteiger charge is -2.34. The lowest BCUT2D eigenvalue weighted by Crippen LogP contribution is -2.44. The number of nitrogens with zero attached hydrogens (tertiary/aromatic N) is 2. The van der Waals surface area contributed by atoms with Gasteiger partial charge in [-0.2, -0.15) is 0 Å². The van der Waals surface area contributed by atoms with Crippen molar-refractivity contribution in [1.82, 2.24) is 4.90 Å². The minimum Gasteiger partial charge on any atom is -0.381 e. The summed E-state index contributed by atoms with van der Waals surface area (Å²) < 4.78 is 13.1. The molecule has 0 spiro atoms. The van der Waals surface area contributed by atoms with Crippen molar-refractivity contribution in [2.75, 3.05) is 43.4 Å². The van der Waals surface area contributed by atoms with Crippen LogP contribution < -0.4 is 10.2 Å². The second-order valence-corrected chi connectivity index (χ2v) is 5.82. The van der Waals surface area contributed by atoms with Crippen LogP contribution >= 0.6 is 0 Å². The molecule has 0 aliphatic carbocycles. The molecule has 116 valence electrons. The van der Waals surface area contributed by atoms with Gasteiger partial charge in [-0.25, -0.2) is 4.39 Å². The van der Waals surface area contributed by atoms with E-state index in [-0.39, 0.29) is 5.82 Å². The van der Waals surface area contributed by atoms with Gasteiger partial charge in [-0.1, -0.05) is 12.1 Å². The monoisotopic (exact) mass is 299 g/mol. The summed E-state index contributed by atoms with van der Waals surface area (Å²) in [5.74, 6) is -0.190. The third-order valence-corrected chi connectivity index (χ3v) is 4.12. The highest BCUT2D eigenvalue weighted by Crippen LogP contribution is 2.19. The Balaban J connectivity index is 1.57. The molecule has 22 heavy (non-hydrogen) atoms. The Bertz CT molecular complexity index is 604. The molecule has 1 aliphatic heterocycles. The SMILES string of the molecule is CN1CCN(c2ccc(NCc3cccc(F)c3)cc2)CC1. The van der Waals surface area contributed by atoms with Crippen molar-refractivity contribution in [3.63, 3.8) is 0 Å². The zero-order valence-corrected chi connectivity index (χ0v) is 12.9. The summed E-state index contributed by atoms with van der Waals surface area (Å²) in [6, 6.07) is 15.2. The predicted octanol–water partition coefficient (Wildman–Crippen LogP) is 3.19. The summed E-state index contributed by atoms with van der Waals surface area (Å²) in [6.45, 7) is 5.00. The molecule has 1 saturated heterocycles. The smallest absolute Gasteiger partial charge is 0.123 e. The molecule has 3 nitrogen and oxygen atoms in total. The van der Waals surface area contributed by atoms with Crippen LogP contribution in [0.25, 0.3) is 0 Å². The summed E-state index contributed by atoms with van der Waals surface area (Å²) in [6.07, 6.45) is 0. The van der Waals surface area contributed by atoms with Gasteiger partial charge in [0.2, 0.25) is 0 Å². The summed E-state index contributed by atoms with van der Waals surface area (Å²) in [5, 5.41) is 3.33. The molecule has 0 aromatic heterocycles. The first-order valence-corrected chi connectivity index (χ1v) is 7.72. The van der Waals surface area contributed by atoms with E-state index in [1.54, 1.807) is 12.1 Å². The molecule has 1 heterocycles. The summed E-state index contributed by atoms with van der Waals surface area (Å²) >= 11 is 0. The predicted molar refractivity (Wildman–Crippen MR) is 89.9 cm³/mol. The fourth-order valence-electron chi connectivity index (χ4n) is 2.71. The van der Waals surface area contributed by atoms with E-state index in [4.69, 9.17) is 0 Å². The van der Waals surface area contributed by atoms with Gasteiger partial charge in [0.25, 0.3) is 0 Å². The van der Waals surface area contributed by atoms with E-state index in [9.17, 15) is 4.39 Å². The highest BCUT2D eigenvalue weighted by atomic mass is 19.1. The molecule has 2 aromatic rings. The van der Waals surface area contributed by atoms with Crippen LogP contribution in [0.3, 0.4) is 0 Å². The largest absolute Gasteiger partial charge is 0.381 e. The van der Waals surface area contributed by atoms with Gasteiger partial charge in [-0.05, 0) is 49.0 Å². The van der Waals surface area contributed by atoms with E-state index in [0.717, 1.165) is 37.4 Å². The molecule has 0 atom stereocenters. The summed E-state index contributed by atoms with van der Waals surface area (Å²) in [4.78, 5) is 4.77. The normalized spacial score (nSPS) is 15.8. The number of benzene rings is 2. The Morgan fingerprint density at radius 2 is 1.73 bits per heavy atom. The Hall–Kier alpha value is -2.07. The quantitative estimate of drug-likeness (QED) is 0.935. The fraction of sp³-hybridized carbons (Fsp3) is 0.333. The van der Waals surface area contributed by atoms with Gasteiger partial charge >= 0.3 is 0 Å². The van der Waals surface area contributed by atoms with E-state index in [1.807, 2.05) is 6.07 Å². The van der Waals surface area contributed by atoms with Crippen molar-refractivity contribution in [3.05, 3.63) is 59.9 Å². The number of anilines is 2. The van der Waals surface area contributed by atoms with Crippen molar-refractivity contribution < 1.29 is 4.39 Å². The van der Waals surface area contributed by atoms with E-state index in [2.05, 4.69) is 46.4 Å².